The van der Waals surface area contributed by atoms with Gasteiger partial charge in [0.15, 0.2) is 0 Å². The molecule has 148 valence electrons. The smallest absolute Gasteiger partial charge is 0.302 e. The first-order chi connectivity index (χ1) is 12.1. The van der Waals surface area contributed by atoms with Crippen LogP contribution in [-0.4, -0.2) is 46.0 Å². The third-order valence-electron chi connectivity index (χ3n) is 3.18. The van der Waals surface area contributed by atoms with Gasteiger partial charge < -0.3 is 4.74 Å². The first kappa shape index (κ1) is 24.2. The van der Waals surface area contributed by atoms with Gasteiger partial charge in [0.05, 0.1) is 6.61 Å². The number of anilines is 1. The van der Waals surface area contributed by atoms with Gasteiger partial charge in [-0.3, -0.25) is 4.79 Å². The molecule has 0 aliphatic heterocycles. The topological polar surface area (TPSA) is 133 Å². The second-order valence-corrected chi connectivity index (χ2v) is 9.05. The molecule has 0 heterocycles. The maximum Gasteiger partial charge on any atom is 0.302 e. The van der Waals surface area contributed by atoms with E-state index in [9.17, 15) is 18.4 Å². The number of unbranched alkanes of at least 4 members (excludes halogenated alkanes) is 4. The van der Waals surface area contributed by atoms with Crippen LogP contribution in [0.2, 0.25) is 0 Å². The summed E-state index contributed by atoms with van der Waals surface area (Å²) in [5.74, 6) is -0.834. The van der Waals surface area contributed by atoms with Gasteiger partial charge in [-0.25, -0.2) is 0 Å². The van der Waals surface area contributed by atoms with Crippen molar-refractivity contribution in [3.8, 4) is 5.75 Å². The van der Waals surface area contributed by atoms with E-state index in [2.05, 4.69) is 12.2 Å². The number of phenols is 1. The van der Waals surface area contributed by atoms with E-state index in [1.807, 2.05) is 0 Å². The Balaban J connectivity index is 0.000000508. The van der Waals surface area contributed by atoms with Crippen LogP contribution in [0.3, 0.4) is 0 Å². The molecule has 0 fully saturated rings. The van der Waals surface area contributed by atoms with E-state index in [0.717, 1.165) is 24.6 Å². The molecule has 1 aromatic carbocycles. The summed E-state index contributed by atoms with van der Waals surface area (Å²) in [5.41, 5.74) is -0.00951. The third-order valence-corrected chi connectivity index (χ3v) is 5.18. The average Bonchev–Trinajstić information content (AvgIpc) is 2.52. The fraction of sp³-hybridized carbons (Fsp3) is 0.529. The Kier molecular flexibility index (Phi) is 11.7. The molecule has 0 aliphatic carbocycles. The molecule has 1 amide bonds. The number of phenolic OH excluding ortho intramolecular Hbond substituents is 1. The number of ether oxygens (including phenoxy) is 1. The Morgan fingerprint density at radius 2 is 1.73 bits per heavy atom. The van der Waals surface area contributed by atoms with Gasteiger partial charge in [0, 0.05) is 6.92 Å². The van der Waals surface area contributed by atoms with Gasteiger partial charge in [0.2, 0.25) is 0 Å². The van der Waals surface area contributed by atoms with Gasteiger partial charge in [-0.2, -0.15) is 0 Å². The molecule has 9 heteroatoms. The Labute approximate surface area is 156 Å². The van der Waals surface area contributed by atoms with Gasteiger partial charge >= 0.3 is 94.1 Å². The second kappa shape index (κ2) is 12.6. The van der Waals surface area contributed by atoms with Crippen molar-refractivity contribution < 1.29 is 31.4 Å². The van der Waals surface area contributed by atoms with Crippen molar-refractivity contribution in [3.05, 3.63) is 18.2 Å². The predicted molar refractivity (Wildman–Crippen MR) is 98.3 cm³/mol. The zero-order valence-corrected chi connectivity index (χ0v) is 17.3. The molecule has 1 aromatic rings. The van der Waals surface area contributed by atoms with Crippen LogP contribution in [0.15, 0.2) is 18.2 Å². The summed E-state index contributed by atoms with van der Waals surface area (Å²) in [7, 11) is 0. The largest absolute Gasteiger partial charge is 0.466 e. The van der Waals surface area contributed by atoms with E-state index in [1.54, 1.807) is 0 Å². The molecular formula is C17H28AsNO7. The standard InChI is InChI=1S/C9H18O2.C8H10AsNO5/c1-3-4-5-6-7-8-11-9(2)10;1-5(11)10-7-4-6(9(13,14)15)2-3-8(7)12/h3-8H2,1-2H3;2-4,12H,1H3,(H,10,11)(H2,13,14,15). The summed E-state index contributed by atoms with van der Waals surface area (Å²) in [6.45, 7) is 5.46. The fourth-order valence-electron chi connectivity index (χ4n) is 1.92. The van der Waals surface area contributed by atoms with Crippen LogP contribution in [0, 0.1) is 0 Å². The SMILES string of the molecule is CC(=O)Nc1cc([As](=O)(O)O)ccc1O.CCCCCCCOC(C)=O. The Bertz CT molecular complexity index is 628. The zero-order valence-electron chi connectivity index (χ0n) is 15.4. The minimum Gasteiger partial charge on any atom is -0.466 e. The number of nitrogens with one attached hydrogen (secondary N) is 1. The van der Waals surface area contributed by atoms with Crippen LogP contribution >= 0.6 is 0 Å². The van der Waals surface area contributed by atoms with Crippen molar-refractivity contribution in [1.82, 2.24) is 0 Å². The fourth-order valence-corrected chi connectivity index (χ4v) is 3.10. The minimum absolute atomic E-state index is 0.00951. The first-order valence-corrected chi connectivity index (χ1v) is 11.8. The van der Waals surface area contributed by atoms with Gasteiger partial charge in [0.1, 0.15) is 0 Å². The van der Waals surface area contributed by atoms with E-state index in [1.165, 1.54) is 39.5 Å². The quantitative estimate of drug-likeness (QED) is 0.211. The Morgan fingerprint density at radius 3 is 2.23 bits per heavy atom. The summed E-state index contributed by atoms with van der Waals surface area (Å²) in [4.78, 5) is 21.0. The number of amides is 1. The predicted octanol–water partition coefficient (Wildman–Crippen LogP) is 1.43. The number of esters is 1. The van der Waals surface area contributed by atoms with Crippen LogP contribution in [-0.2, 0) is 18.1 Å². The van der Waals surface area contributed by atoms with Gasteiger partial charge in [-0.05, 0) is 6.42 Å². The van der Waals surface area contributed by atoms with E-state index < -0.39 is 20.1 Å². The molecule has 0 saturated carbocycles. The second-order valence-electron chi connectivity index (χ2n) is 5.68. The first-order valence-electron chi connectivity index (χ1n) is 8.38. The van der Waals surface area contributed by atoms with Crippen LogP contribution in [0.4, 0.5) is 5.69 Å². The number of aromatic hydroxyl groups is 1. The summed E-state index contributed by atoms with van der Waals surface area (Å²) in [6, 6.07) is 3.32. The summed E-state index contributed by atoms with van der Waals surface area (Å²) in [5, 5.41) is 11.6. The van der Waals surface area contributed by atoms with E-state index >= 15 is 0 Å². The van der Waals surface area contributed by atoms with Crippen molar-refractivity contribution in [2.24, 2.45) is 0 Å². The number of carbonyl (C=O) groups is 2. The van der Waals surface area contributed by atoms with Crippen LogP contribution in [0.5, 0.6) is 5.75 Å². The normalized spacial score (nSPS) is 10.5. The van der Waals surface area contributed by atoms with E-state index in [4.69, 9.17) is 12.9 Å². The number of carbonyl (C=O) groups excluding carboxylic acids is 2. The Morgan fingerprint density at radius 1 is 1.12 bits per heavy atom. The molecule has 0 atom stereocenters. The van der Waals surface area contributed by atoms with Crippen LogP contribution in [0.25, 0.3) is 0 Å². The zero-order chi connectivity index (χ0) is 20.2. The van der Waals surface area contributed by atoms with Crippen molar-refractivity contribution in [1.29, 1.82) is 0 Å². The summed E-state index contributed by atoms with van der Waals surface area (Å²) in [6.07, 6.45) is 6.01. The molecule has 0 radical (unpaired) electrons. The van der Waals surface area contributed by atoms with Crippen LogP contribution in [0.1, 0.15) is 52.9 Å². The molecule has 8 nitrogen and oxygen atoms in total. The Hall–Kier alpha value is -1.76. The molecule has 0 spiro atoms. The van der Waals surface area contributed by atoms with Crippen molar-refractivity contribution >= 4 is 36.1 Å². The number of hydrogen-bond acceptors (Lipinski definition) is 5. The third kappa shape index (κ3) is 11.7. The number of hydrogen-bond donors (Lipinski definition) is 4. The van der Waals surface area contributed by atoms with Crippen molar-refractivity contribution in [3.63, 3.8) is 0 Å². The summed E-state index contributed by atoms with van der Waals surface area (Å²) >= 11 is -4.98. The molecule has 1 rings (SSSR count). The molecule has 0 saturated heterocycles. The van der Waals surface area contributed by atoms with Gasteiger partial charge in [0.25, 0.3) is 0 Å². The maximum atomic E-state index is 10.9. The minimum atomic E-state index is -4.98. The molecule has 0 unspecified atom stereocenters. The molecule has 26 heavy (non-hydrogen) atoms. The van der Waals surface area contributed by atoms with Crippen LogP contribution < -0.4 is 9.67 Å². The average molecular weight is 433 g/mol. The van der Waals surface area contributed by atoms with Gasteiger partial charge in [-0.1, -0.05) is 32.6 Å². The van der Waals surface area contributed by atoms with Crippen molar-refractivity contribution in [2.75, 3.05) is 11.9 Å². The molecule has 0 bridgehead atoms. The van der Waals surface area contributed by atoms with E-state index in [-0.39, 0.29) is 21.8 Å². The van der Waals surface area contributed by atoms with Crippen molar-refractivity contribution in [2.45, 2.75) is 52.9 Å². The summed E-state index contributed by atoms with van der Waals surface area (Å²) < 4.78 is 33.4. The number of benzene rings is 1. The van der Waals surface area contributed by atoms with Gasteiger partial charge in [-0.15, -0.1) is 0 Å². The van der Waals surface area contributed by atoms with E-state index in [0.29, 0.717) is 6.61 Å². The molecule has 4 N–H and O–H groups in total. The molecular weight excluding hydrogens is 405 g/mol. The molecule has 0 aliphatic rings. The monoisotopic (exact) mass is 433 g/mol. The number of rotatable bonds is 8. The maximum absolute atomic E-state index is 10.9. The molecule has 0 aromatic heterocycles.